The summed E-state index contributed by atoms with van der Waals surface area (Å²) < 4.78 is 6.91. The molecular formula is C13H23N3O2. The van der Waals surface area contributed by atoms with Crippen LogP contribution in [0.4, 0.5) is 0 Å². The van der Waals surface area contributed by atoms with Gasteiger partial charge in [-0.05, 0) is 25.3 Å². The summed E-state index contributed by atoms with van der Waals surface area (Å²) in [7, 11) is 1.86. The number of ether oxygens (including phenoxy) is 1. The zero-order valence-corrected chi connectivity index (χ0v) is 11.5. The van der Waals surface area contributed by atoms with Crippen molar-refractivity contribution < 1.29 is 9.53 Å². The van der Waals surface area contributed by atoms with E-state index in [1.807, 2.05) is 27.1 Å². The van der Waals surface area contributed by atoms with Gasteiger partial charge in [-0.25, -0.2) is 0 Å². The molecule has 0 bridgehead atoms. The second kappa shape index (κ2) is 6.54. The molecule has 0 saturated carbocycles. The van der Waals surface area contributed by atoms with Gasteiger partial charge in [-0.15, -0.1) is 0 Å². The van der Waals surface area contributed by atoms with E-state index in [2.05, 4.69) is 5.10 Å². The lowest BCUT2D eigenvalue weighted by molar-refractivity contribution is -0.155. The van der Waals surface area contributed by atoms with Crippen LogP contribution in [-0.2, 0) is 23.0 Å². The fraction of sp³-hybridized carbons (Fsp3) is 0.692. The average Bonchev–Trinajstić information content (AvgIpc) is 2.74. The van der Waals surface area contributed by atoms with E-state index in [1.165, 1.54) is 0 Å². The first kappa shape index (κ1) is 14.7. The van der Waals surface area contributed by atoms with Gasteiger partial charge in [0.15, 0.2) is 0 Å². The minimum atomic E-state index is -0.617. The summed E-state index contributed by atoms with van der Waals surface area (Å²) in [4.78, 5) is 12.2. The lowest BCUT2D eigenvalue weighted by atomic mass is 9.78. The van der Waals surface area contributed by atoms with Gasteiger partial charge in [0.25, 0.3) is 0 Å². The maximum atomic E-state index is 12.2. The van der Waals surface area contributed by atoms with Crippen LogP contribution < -0.4 is 5.73 Å². The van der Waals surface area contributed by atoms with Gasteiger partial charge in [0, 0.05) is 19.8 Å². The first-order chi connectivity index (χ1) is 8.57. The van der Waals surface area contributed by atoms with Crippen molar-refractivity contribution in [3.8, 4) is 0 Å². The van der Waals surface area contributed by atoms with Crippen molar-refractivity contribution in [2.24, 2.45) is 18.2 Å². The average molecular weight is 253 g/mol. The Labute approximate surface area is 108 Å². The van der Waals surface area contributed by atoms with Crippen molar-refractivity contribution in [3.05, 3.63) is 18.0 Å². The maximum Gasteiger partial charge on any atom is 0.313 e. The lowest BCUT2D eigenvalue weighted by Crippen LogP contribution is -2.42. The Morgan fingerprint density at radius 3 is 2.72 bits per heavy atom. The van der Waals surface area contributed by atoms with Gasteiger partial charge < -0.3 is 10.5 Å². The molecule has 5 heteroatoms. The Hall–Kier alpha value is -1.36. The van der Waals surface area contributed by atoms with Crippen LogP contribution in [0.3, 0.4) is 0 Å². The van der Waals surface area contributed by atoms with Gasteiger partial charge in [-0.1, -0.05) is 13.3 Å². The smallest absolute Gasteiger partial charge is 0.313 e. The molecule has 1 aromatic rings. The number of hydrogen-bond donors (Lipinski definition) is 1. The van der Waals surface area contributed by atoms with Crippen LogP contribution in [-0.4, -0.2) is 28.9 Å². The minimum Gasteiger partial charge on any atom is -0.466 e. The van der Waals surface area contributed by atoms with E-state index in [0.29, 0.717) is 19.6 Å². The summed E-state index contributed by atoms with van der Waals surface area (Å²) in [5.41, 5.74) is 6.25. The topological polar surface area (TPSA) is 70.1 Å². The highest BCUT2D eigenvalue weighted by atomic mass is 16.5. The molecule has 0 radical (unpaired) electrons. The van der Waals surface area contributed by atoms with Gasteiger partial charge in [0.1, 0.15) is 0 Å². The van der Waals surface area contributed by atoms with Crippen LogP contribution in [0.25, 0.3) is 0 Å². The zero-order chi connectivity index (χ0) is 13.6. The fourth-order valence-electron chi connectivity index (χ4n) is 2.24. The molecule has 2 N–H and O–H groups in total. The summed E-state index contributed by atoms with van der Waals surface area (Å²) >= 11 is 0. The monoisotopic (exact) mass is 253 g/mol. The Bertz CT molecular complexity index is 389. The maximum absolute atomic E-state index is 12.2. The Balaban J connectivity index is 2.91. The Morgan fingerprint density at radius 2 is 2.28 bits per heavy atom. The number of esters is 1. The van der Waals surface area contributed by atoms with E-state index in [9.17, 15) is 4.79 Å². The van der Waals surface area contributed by atoms with Crippen LogP contribution in [0, 0.1) is 5.41 Å². The third-order valence-corrected chi connectivity index (χ3v) is 3.13. The van der Waals surface area contributed by atoms with Crippen LogP contribution in [0.2, 0.25) is 0 Å². The highest BCUT2D eigenvalue weighted by Crippen LogP contribution is 2.29. The molecule has 0 spiro atoms. The standard InChI is InChI=1S/C13H23N3O2/c1-4-6-13(10-14,12(17)18-5-2)7-11-8-15-16(3)9-11/h8-9H,4-7,10,14H2,1-3H3. The van der Waals surface area contributed by atoms with E-state index < -0.39 is 5.41 Å². The molecule has 0 amide bonds. The molecular weight excluding hydrogens is 230 g/mol. The number of nitrogens with two attached hydrogens (primary N) is 1. The number of rotatable bonds is 7. The molecule has 18 heavy (non-hydrogen) atoms. The van der Waals surface area contributed by atoms with Gasteiger partial charge in [0.2, 0.25) is 0 Å². The van der Waals surface area contributed by atoms with Gasteiger partial charge in [-0.3, -0.25) is 9.48 Å². The van der Waals surface area contributed by atoms with E-state index in [0.717, 1.165) is 18.4 Å². The van der Waals surface area contributed by atoms with Crippen LogP contribution in [0.1, 0.15) is 32.3 Å². The van der Waals surface area contributed by atoms with Gasteiger partial charge in [-0.2, -0.15) is 5.10 Å². The quantitative estimate of drug-likeness (QED) is 0.743. The zero-order valence-electron chi connectivity index (χ0n) is 11.5. The lowest BCUT2D eigenvalue weighted by Gasteiger charge is -2.29. The molecule has 0 aromatic carbocycles. The molecule has 1 aromatic heterocycles. The number of aryl methyl sites for hydroxylation is 1. The Kier molecular flexibility index (Phi) is 5.34. The third kappa shape index (κ3) is 3.32. The number of aromatic nitrogens is 2. The molecule has 0 fully saturated rings. The van der Waals surface area contributed by atoms with Crippen LogP contribution >= 0.6 is 0 Å². The second-order valence-corrected chi connectivity index (χ2v) is 4.65. The number of carbonyl (C=O) groups is 1. The molecule has 0 aliphatic rings. The van der Waals surface area contributed by atoms with Crippen molar-refractivity contribution in [1.82, 2.24) is 9.78 Å². The summed E-state index contributed by atoms with van der Waals surface area (Å²) in [6, 6.07) is 0. The number of hydrogen-bond acceptors (Lipinski definition) is 4. The van der Waals surface area contributed by atoms with Crippen molar-refractivity contribution >= 4 is 5.97 Å². The highest BCUT2D eigenvalue weighted by Gasteiger charge is 2.38. The van der Waals surface area contributed by atoms with E-state index >= 15 is 0 Å². The minimum absolute atomic E-state index is 0.196. The predicted octanol–water partition coefficient (Wildman–Crippen LogP) is 1.27. The molecule has 1 atom stereocenters. The second-order valence-electron chi connectivity index (χ2n) is 4.65. The molecule has 1 heterocycles. The molecule has 1 unspecified atom stereocenters. The van der Waals surface area contributed by atoms with E-state index in [-0.39, 0.29) is 5.97 Å². The number of nitrogens with zero attached hydrogens (tertiary/aromatic N) is 2. The van der Waals surface area contributed by atoms with E-state index in [1.54, 1.807) is 10.9 Å². The van der Waals surface area contributed by atoms with Crippen molar-refractivity contribution in [1.29, 1.82) is 0 Å². The van der Waals surface area contributed by atoms with E-state index in [4.69, 9.17) is 10.5 Å². The third-order valence-electron chi connectivity index (χ3n) is 3.13. The SMILES string of the molecule is CCCC(CN)(Cc1cnn(C)c1)C(=O)OCC. The van der Waals surface area contributed by atoms with Gasteiger partial charge in [0.05, 0.1) is 18.2 Å². The molecule has 0 aliphatic heterocycles. The Morgan fingerprint density at radius 1 is 1.56 bits per heavy atom. The highest BCUT2D eigenvalue weighted by molar-refractivity contribution is 5.77. The largest absolute Gasteiger partial charge is 0.466 e. The van der Waals surface area contributed by atoms with Crippen LogP contribution in [0.15, 0.2) is 12.4 Å². The van der Waals surface area contributed by atoms with Crippen molar-refractivity contribution in [2.45, 2.75) is 33.1 Å². The van der Waals surface area contributed by atoms with Crippen molar-refractivity contribution in [2.75, 3.05) is 13.2 Å². The fourth-order valence-corrected chi connectivity index (χ4v) is 2.24. The van der Waals surface area contributed by atoms with Crippen LogP contribution in [0.5, 0.6) is 0 Å². The molecule has 102 valence electrons. The first-order valence-electron chi connectivity index (χ1n) is 6.42. The normalized spacial score (nSPS) is 14.2. The molecule has 1 rings (SSSR count). The molecule has 5 nitrogen and oxygen atoms in total. The van der Waals surface area contributed by atoms with Gasteiger partial charge >= 0.3 is 5.97 Å². The summed E-state index contributed by atoms with van der Waals surface area (Å²) in [6.45, 7) is 4.55. The summed E-state index contributed by atoms with van der Waals surface area (Å²) in [5, 5.41) is 4.12. The number of carbonyl (C=O) groups excluding carboxylic acids is 1. The summed E-state index contributed by atoms with van der Waals surface area (Å²) in [6.07, 6.45) is 5.91. The van der Waals surface area contributed by atoms with Crippen molar-refractivity contribution in [3.63, 3.8) is 0 Å². The summed E-state index contributed by atoms with van der Waals surface area (Å²) in [5.74, 6) is -0.196. The predicted molar refractivity (Wildman–Crippen MR) is 69.9 cm³/mol. The molecule has 0 aliphatic carbocycles. The molecule has 0 saturated heterocycles. The first-order valence-corrected chi connectivity index (χ1v) is 6.42.